The third kappa shape index (κ3) is 4.09. The largest absolute Gasteiger partial charge is 0.322 e. The van der Waals surface area contributed by atoms with Crippen LogP contribution in [0.1, 0.15) is 18.5 Å². The van der Waals surface area contributed by atoms with Crippen molar-refractivity contribution < 1.29 is 9.59 Å². The zero-order valence-electron chi connectivity index (χ0n) is 16.9. The van der Waals surface area contributed by atoms with Gasteiger partial charge in [0.2, 0.25) is 5.91 Å². The maximum absolute atomic E-state index is 13.2. The second-order valence-corrected chi connectivity index (χ2v) is 7.60. The van der Waals surface area contributed by atoms with Gasteiger partial charge in [0.15, 0.2) is 0 Å². The van der Waals surface area contributed by atoms with Crippen molar-refractivity contribution in [2.45, 2.75) is 25.8 Å². The van der Waals surface area contributed by atoms with Gasteiger partial charge in [0, 0.05) is 63.9 Å². The molecule has 1 unspecified atom stereocenters. The van der Waals surface area contributed by atoms with E-state index in [1.165, 1.54) is 0 Å². The molecule has 1 atom stereocenters. The molecule has 0 saturated carbocycles. The fourth-order valence-corrected chi connectivity index (χ4v) is 4.15. The van der Waals surface area contributed by atoms with E-state index in [0.29, 0.717) is 26.2 Å². The molecule has 1 N–H and O–H groups in total. The monoisotopic (exact) mass is 397 g/mol. The second-order valence-electron chi connectivity index (χ2n) is 7.60. The zero-order valence-corrected chi connectivity index (χ0v) is 16.9. The number of rotatable bonds is 3. The van der Waals surface area contributed by atoms with Crippen LogP contribution in [0.5, 0.6) is 0 Å². The Morgan fingerprint density at radius 1 is 1.14 bits per heavy atom. The first-order valence-corrected chi connectivity index (χ1v) is 10.0. The minimum Gasteiger partial charge on any atom is -0.322 e. The molecular formula is C20H27N7O2. The molecule has 2 fully saturated rings. The first-order valence-electron chi connectivity index (χ1n) is 10.0. The van der Waals surface area contributed by atoms with Gasteiger partial charge in [-0.05, 0) is 31.9 Å². The van der Waals surface area contributed by atoms with E-state index in [1.807, 2.05) is 24.9 Å². The number of piperazine rings is 1. The summed E-state index contributed by atoms with van der Waals surface area (Å²) in [5.41, 5.74) is 1.64. The number of nitrogens with zero attached hydrogens (tertiary/aromatic N) is 6. The van der Waals surface area contributed by atoms with E-state index >= 15 is 0 Å². The highest BCUT2D eigenvalue weighted by molar-refractivity contribution is 5.97. The van der Waals surface area contributed by atoms with Crippen molar-refractivity contribution in [3.8, 4) is 0 Å². The van der Waals surface area contributed by atoms with E-state index in [2.05, 4.69) is 20.3 Å². The summed E-state index contributed by atoms with van der Waals surface area (Å²) in [4.78, 5) is 35.5. The standard InChI is InChI=1S/C20H27N7O2/c1-15-14-18(24(2)23-15)27-9-3-4-17(19(27)28)25-10-12-26(13-11-25)20(29)22-16-5-7-21-8-6-16/h5-8,14,17H,3-4,9-13H2,1-2H3,(H,21,22,29). The zero-order chi connectivity index (χ0) is 20.4. The molecule has 9 heteroatoms. The summed E-state index contributed by atoms with van der Waals surface area (Å²) in [6.07, 6.45) is 5.12. The molecule has 29 heavy (non-hydrogen) atoms. The van der Waals surface area contributed by atoms with E-state index in [4.69, 9.17) is 0 Å². The number of piperidine rings is 1. The summed E-state index contributed by atoms with van der Waals surface area (Å²) in [6.45, 7) is 5.25. The van der Waals surface area contributed by atoms with Gasteiger partial charge in [-0.15, -0.1) is 0 Å². The highest BCUT2D eigenvalue weighted by Gasteiger charge is 2.36. The number of hydrogen-bond donors (Lipinski definition) is 1. The van der Waals surface area contributed by atoms with Gasteiger partial charge in [0.05, 0.1) is 11.7 Å². The SMILES string of the molecule is Cc1cc(N2CCCC(N3CCN(C(=O)Nc4ccncc4)CC3)C2=O)n(C)n1. The molecule has 3 amide bonds. The number of hydrogen-bond acceptors (Lipinski definition) is 5. The average molecular weight is 397 g/mol. The van der Waals surface area contributed by atoms with Crippen molar-refractivity contribution in [1.82, 2.24) is 24.6 Å². The molecule has 4 rings (SSSR count). The van der Waals surface area contributed by atoms with Crippen LogP contribution in [0, 0.1) is 6.92 Å². The Labute approximate surface area is 170 Å². The third-order valence-electron chi connectivity index (χ3n) is 5.64. The predicted molar refractivity (Wildman–Crippen MR) is 110 cm³/mol. The highest BCUT2D eigenvalue weighted by Crippen LogP contribution is 2.25. The van der Waals surface area contributed by atoms with Crippen LogP contribution in [0.3, 0.4) is 0 Å². The number of aromatic nitrogens is 3. The number of anilines is 2. The summed E-state index contributed by atoms with van der Waals surface area (Å²) >= 11 is 0. The Morgan fingerprint density at radius 2 is 1.86 bits per heavy atom. The van der Waals surface area contributed by atoms with Crippen LogP contribution < -0.4 is 10.2 Å². The lowest BCUT2D eigenvalue weighted by atomic mass is 10.0. The molecule has 0 bridgehead atoms. The van der Waals surface area contributed by atoms with Crippen molar-refractivity contribution in [2.75, 3.05) is 42.9 Å². The van der Waals surface area contributed by atoms with Crippen molar-refractivity contribution >= 4 is 23.4 Å². The summed E-state index contributed by atoms with van der Waals surface area (Å²) in [5, 5.41) is 7.27. The van der Waals surface area contributed by atoms with Gasteiger partial charge in [-0.1, -0.05) is 0 Å². The molecule has 2 saturated heterocycles. The van der Waals surface area contributed by atoms with Gasteiger partial charge in [0.1, 0.15) is 5.82 Å². The highest BCUT2D eigenvalue weighted by atomic mass is 16.2. The van der Waals surface area contributed by atoms with Crippen LogP contribution in [-0.4, -0.2) is 75.3 Å². The molecule has 2 aromatic heterocycles. The molecule has 0 aliphatic carbocycles. The summed E-state index contributed by atoms with van der Waals surface area (Å²) < 4.78 is 1.77. The number of amides is 3. The summed E-state index contributed by atoms with van der Waals surface area (Å²) in [7, 11) is 1.87. The van der Waals surface area contributed by atoms with E-state index < -0.39 is 0 Å². The van der Waals surface area contributed by atoms with Crippen LogP contribution in [0.4, 0.5) is 16.3 Å². The number of pyridine rings is 1. The molecule has 0 aromatic carbocycles. The van der Waals surface area contributed by atoms with E-state index in [9.17, 15) is 9.59 Å². The maximum Gasteiger partial charge on any atom is 0.321 e. The number of carbonyl (C=O) groups excluding carboxylic acids is 2. The topological polar surface area (TPSA) is 86.6 Å². The lowest BCUT2D eigenvalue weighted by Crippen LogP contribution is -2.59. The normalized spacial score (nSPS) is 20.8. The number of urea groups is 1. The fourth-order valence-electron chi connectivity index (χ4n) is 4.15. The van der Waals surface area contributed by atoms with Gasteiger partial charge < -0.3 is 10.2 Å². The Morgan fingerprint density at radius 3 is 2.52 bits per heavy atom. The van der Waals surface area contributed by atoms with Crippen LogP contribution in [-0.2, 0) is 11.8 Å². The van der Waals surface area contributed by atoms with E-state index in [1.54, 1.807) is 34.1 Å². The van der Waals surface area contributed by atoms with E-state index in [-0.39, 0.29) is 18.0 Å². The van der Waals surface area contributed by atoms with Crippen LogP contribution in [0.2, 0.25) is 0 Å². The Balaban J connectivity index is 1.36. The van der Waals surface area contributed by atoms with Gasteiger partial charge in [0.25, 0.3) is 0 Å². The molecule has 2 aromatic rings. The van der Waals surface area contributed by atoms with Crippen molar-refractivity contribution in [3.63, 3.8) is 0 Å². The second kappa shape index (κ2) is 8.20. The van der Waals surface area contributed by atoms with Gasteiger partial charge in [-0.3, -0.25) is 24.3 Å². The van der Waals surface area contributed by atoms with Crippen molar-refractivity contribution in [3.05, 3.63) is 36.3 Å². The van der Waals surface area contributed by atoms with Crippen molar-refractivity contribution in [2.24, 2.45) is 7.05 Å². The number of carbonyl (C=O) groups is 2. The van der Waals surface area contributed by atoms with E-state index in [0.717, 1.165) is 36.6 Å². The first kappa shape index (κ1) is 19.4. The molecule has 2 aliphatic rings. The fraction of sp³-hybridized carbons (Fsp3) is 0.500. The smallest absolute Gasteiger partial charge is 0.321 e. The number of nitrogens with one attached hydrogen (secondary N) is 1. The predicted octanol–water partition coefficient (Wildman–Crippen LogP) is 1.47. The van der Waals surface area contributed by atoms with Crippen molar-refractivity contribution in [1.29, 1.82) is 0 Å². The molecule has 2 aliphatic heterocycles. The molecule has 0 spiro atoms. The molecule has 4 heterocycles. The van der Waals surface area contributed by atoms with Crippen LogP contribution >= 0.6 is 0 Å². The minimum atomic E-state index is -0.135. The van der Waals surface area contributed by atoms with Crippen LogP contribution in [0.15, 0.2) is 30.6 Å². The quantitative estimate of drug-likeness (QED) is 0.848. The van der Waals surface area contributed by atoms with Gasteiger partial charge in [-0.25, -0.2) is 4.79 Å². The lowest BCUT2D eigenvalue weighted by Gasteiger charge is -2.42. The van der Waals surface area contributed by atoms with Crippen LogP contribution in [0.25, 0.3) is 0 Å². The Bertz CT molecular complexity index is 874. The lowest BCUT2D eigenvalue weighted by molar-refractivity contribution is -0.126. The molecule has 0 radical (unpaired) electrons. The Hall–Kier alpha value is -2.94. The van der Waals surface area contributed by atoms with Gasteiger partial charge >= 0.3 is 6.03 Å². The van der Waals surface area contributed by atoms with Gasteiger partial charge in [-0.2, -0.15) is 5.10 Å². The third-order valence-corrected chi connectivity index (χ3v) is 5.64. The summed E-state index contributed by atoms with van der Waals surface area (Å²) in [5.74, 6) is 0.988. The maximum atomic E-state index is 13.2. The minimum absolute atomic E-state index is 0.113. The Kier molecular flexibility index (Phi) is 5.48. The first-order chi connectivity index (χ1) is 14.0. The molecular weight excluding hydrogens is 370 g/mol. The molecule has 9 nitrogen and oxygen atoms in total. The number of aryl methyl sites for hydroxylation is 2. The molecule has 154 valence electrons. The summed E-state index contributed by atoms with van der Waals surface area (Å²) in [6, 6.07) is 5.25. The average Bonchev–Trinajstić information content (AvgIpc) is 3.07.